The summed E-state index contributed by atoms with van der Waals surface area (Å²) in [5.41, 5.74) is 3.02. The number of carbonyl (C=O) groups excluding carboxylic acids is 1. The van der Waals surface area contributed by atoms with E-state index in [9.17, 15) is 13.2 Å². The van der Waals surface area contributed by atoms with Gasteiger partial charge in [0.2, 0.25) is 0 Å². The molecule has 0 fully saturated rings. The largest absolute Gasteiger partial charge is 0.481 e. The van der Waals surface area contributed by atoms with Gasteiger partial charge in [0, 0.05) is 16.4 Å². The number of amides is 1. The molecule has 0 heterocycles. The monoisotopic (exact) mass is 458 g/mol. The predicted octanol–water partition coefficient (Wildman–Crippen LogP) is 5.16. The molecule has 3 aromatic carbocycles. The van der Waals surface area contributed by atoms with Crippen LogP contribution in [0.4, 0.5) is 11.4 Å². The zero-order valence-electron chi connectivity index (χ0n) is 17.3. The van der Waals surface area contributed by atoms with Crippen LogP contribution in [0, 0.1) is 13.8 Å². The number of aryl methyl sites for hydroxylation is 2. The first-order chi connectivity index (χ1) is 14.6. The van der Waals surface area contributed by atoms with E-state index in [1.54, 1.807) is 43.3 Å². The second kappa shape index (κ2) is 9.41. The van der Waals surface area contributed by atoms with Crippen LogP contribution in [0.25, 0.3) is 0 Å². The molecule has 0 saturated carbocycles. The van der Waals surface area contributed by atoms with E-state index in [4.69, 9.17) is 16.3 Å². The van der Waals surface area contributed by atoms with Crippen LogP contribution in [0.2, 0.25) is 5.02 Å². The summed E-state index contributed by atoms with van der Waals surface area (Å²) < 4.78 is 33.4. The van der Waals surface area contributed by atoms with E-state index in [-0.39, 0.29) is 10.8 Å². The Bertz CT molecular complexity index is 1190. The van der Waals surface area contributed by atoms with Gasteiger partial charge in [-0.3, -0.25) is 9.52 Å². The minimum absolute atomic E-state index is 0.0898. The van der Waals surface area contributed by atoms with Crippen molar-refractivity contribution < 1.29 is 17.9 Å². The van der Waals surface area contributed by atoms with Gasteiger partial charge in [0.1, 0.15) is 5.75 Å². The van der Waals surface area contributed by atoms with Crippen molar-refractivity contribution >= 4 is 38.9 Å². The van der Waals surface area contributed by atoms with E-state index in [1.807, 2.05) is 19.9 Å². The second-order valence-corrected chi connectivity index (χ2v) is 9.25. The van der Waals surface area contributed by atoms with E-state index < -0.39 is 16.1 Å². The molecule has 0 saturated heterocycles. The van der Waals surface area contributed by atoms with Crippen molar-refractivity contribution in [1.29, 1.82) is 0 Å². The number of ether oxygens (including phenoxy) is 1. The summed E-state index contributed by atoms with van der Waals surface area (Å²) in [6.07, 6.45) is -0.770. The number of hydrogen-bond acceptors (Lipinski definition) is 4. The second-order valence-electron chi connectivity index (χ2n) is 7.14. The maximum Gasteiger partial charge on any atom is 0.265 e. The molecule has 3 rings (SSSR count). The number of carbonyl (C=O) groups is 1. The lowest BCUT2D eigenvalue weighted by Crippen LogP contribution is -2.30. The van der Waals surface area contributed by atoms with Crippen molar-refractivity contribution in [3.63, 3.8) is 0 Å². The highest BCUT2D eigenvalue weighted by atomic mass is 35.5. The van der Waals surface area contributed by atoms with Crippen molar-refractivity contribution in [2.75, 3.05) is 10.0 Å². The quantitative estimate of drug-likeness (QED) is 0.512. The number of nitrogens with one attached hydrogen (secondary N) is 2. The van der Waals surface area contributed by atoms with E-state index in [1.165, 1.54) is 24.3 Å². The van der Waals surface area contributed by atoms with Crippen LogP contribution in [-0.4, -0.2) is 20.4 Å². The molecule has 0 spiro atoms. The molecule has 0 aromatic heterocycles. The number of sulfonamides is 1. The summed E-state index contributed by atoms with van der Waals surface area (Å²) in [4.78, 5) is 12.5. The predicted molar refractivity (Wildman–Crippen MR) is 123 cm³/mol. The molecular formula is C23H23ClN2O4S. The fraction of sp³-hybridized carbons (Fsp3) is 0.174. The third kappa shape index (κ3) is 5.99. The number of hydrogen-bond donors (Lipinski definition) is 2. The van der Waals surface area contributed by atoms with Crippen LogP contribution in [0.1, 0.15) is 18.1 Å². The van der Waals surface area contributed by atoms with Gasteiger partial charge in [0.15, 0.2) is 6.10 Å². The van der Waals surface area contributed by atoms with Gasteiger partial charge in [-0.2, -0.15) is 0 Å². The summed E-state index contributed by atoms with van der Waals surface area (Å²) >= 11 is 5.92. The molecule has 0 aliphatic carbocycles. The van der Waals surface area contributed by atoms with Crippen molar-refractivity contribution in [3.05, 3.63) is 82.9 Å². The Labute approximate surface area is 187 Å². The fourth-order valence-corrected chi connectivity index (χ4v) is 4.01. The smallest absolute Gasteiger partial charge is 0.265 e. The van der Waals surface area contributed by atoms with Crippen molar-refractivity contribution in [3.8, 4) is 5.75 Å². The topological polar surface area (TPSA) is 84.5 Å². The van der Waals surface area contributed by atoms with Crippen LogP contribution < -0.4 is 14.8 Å². The third-order valence-corrected chi connectivity index (χ3v) is 6.30. The van der Waals surface area contributed by atoms with Gasteiger partial charge in [-0.15, -0.1) is 0 Å². The van der Waals surface area contributed by atoms with Crippen molar-refractivity contribution in [1.82, 2.24) is 0 Å². The Hall–Kier alpha value is -3.03. The number of rotatable bonds is 7. The molecule has 0 bridgehead atoms. The average Bonchev–Trinajstić information content (AvgIpc) is 2.71. The molecule has 0 aliphatic rings. The van der Waals surface area contributed by atoms with E-state index in [0.29, 0.717) is 22.1 Å². The first-order valence-corrected chi connectivity index (χ1v) is 11.4. The molecule has 162 valence electrons. The van der Waals surface area contributed by atoms with Gasteiger partial charge in [-0.05, 0) is 86.5 Å². The maximum absolute atomic E-state index is 12.6. The minimum Gasteiger partial charge on any atom is -0.481 e. The molecule has 2 N–H and O–H groups in total. The highest BCUT2D eigenvalue weighted by molar-refractivity contribution is 7.92. The standard InChI is InChI=1S/C23H23ClN2O4S/c1-15-7-8-20(13-16(15)2)26-31(28,29)22-11-9-19(10-12-22)25-23(27)17(3)30-21-6-4-5-18(24)14-21/h4-14,17,26H,1-3H3,(H,25,27)/t17-/m0/s1. The van der Waals surface area contributed by atoms with Gasteiger partial charge in [-0.25, -0.2) is 8.42 Å². The van der Waals surface area contributed by atoms with Gasteiger partial charge in [-0.1, -0.05) is 23.7 Å². The Kier molecular flexibility index (Phi) is 6.87. The third-order valence-electron chi connectivity index (χ3n) is 4.67. The lowest BCUT2D eigenvalue weighted by molar-refractivity contribution is -0.122. The highest BCUT2D eigenvalue weighted by Gasteiger charge is 2.17. The SMILES string of the molecule is Cc1ccc(NS(=O)(=O)c2ccc(NC(=O)[C@H](C)Oc3cccc(Cl)c3)cc2)cc1C. The first-order valence-electron chi connectivity index (χ1n) is 9.57. The van der Waals surface area contributed by atoms with Crippen LogP contribution in [0.5, 0.6) is 5.75 Å². The molecule has 1 atom stereocenters. The molecule has 3 aromatic rings. The summed E-state index contributed by atoms with van der Waals surface area (Å²) in [7, 11) is -3.75. The molecule has 6 nitrogen and oxygen atoms in total. The number of halogens is 1. The molecule has 31 heavy (non-hydrogen) atoms. The van der Waals surface area contributed by atoms with E-state index in [0.717, 1.165) is 11.1 Å². The summed E-state index contributed by atoms with van der Waals surface area (Å²) in [6.45, 7) is 5.49. The number of benzene rings is 3. The minimum atomic E-state index is -3.75. The molecule has 1 amide bonds. The highest BCUT2D eigenvalue weighted by Crippen LogP contribution is 2.21. The Morgan fingerprint density at radius 2 is 1.61 bits per heavy atom. The summed E-state index contributed by atoms with van der Waals surface area (Å²) in [5.74, 6) is 0.109. The molecule has 0 unspecified atom stereocenters. The summed E-state index contributed by atoms with van der Waals surface area (Å²) in [6, 6.07) is 18.0. The number of anilines is 2. The Morgan fingerprint density at radius 1 is 0.935 bits per heavy atom. The zero-order valence-corrected chi connectivity index (χ0v) is 18.9. The average molecular weight is 459 g/mol. The normalized spacial score (nSPS) is 12.1. The molecule has 8 heteroatoms. The summed E-state index contributed by atoms with van der Waals surface area (Å²) in [5, 5.41) is 3.22. The van der Waals surface area contributed by atoms with Gasteiger partial charge in [0.25, 0.3) is 15.9 Å². The molecule has 0 aliphatic heterocycles. The molecule has 0 radical (unpaired) electrons. The maximum atomic E-state index is 12.6. The van der Waals surface area contributed by atoms with E-state index >= 15 is 0 Å². The fourth-order valence-electron chi connectivity index (χ4n) is 2.78. The van der Waals surface area contributed by atoms with Crippen molar-refractivity contribution in [2.45, 2.75) is 31.8 Å². The Morgan fingerprint density at radius 3 is 2.26 bits per heavy atom. The lowest BCUT2D eigenvalue weighted by Gasteiger charge is -2.15. The van der Waals surface area contributed by atoms with Crippen LogP contribution >= 0.6 is 11.6 Å². The zero-order chi connectivity index (χ0) is 22.6. The van der Waals surface area contributed by atoms with Gasteiger partial charge in [0.05, 0.1) is 4.90 Å². The van der Waals surface area contributed by atoms with Crippen LogP contribution in [0.15, 0.2) is 71.6 Å². The van der Waals surface area contributed by atoms with Crippen molar-refractivity contribution in [2.24, 2.45) is 0 Å². The van der Waals surface area contributed by atoms with E-state index in [2.05, 4.69) is 10.0 Å². The first kappa shape index (κ1) is 22.7. The van der Waals surface area contributed by atoms with Crippen LogP contribution in [0.3, 0.4) is 0 Å². The Balaban J connectivity index is 1.64. The van der Waals surface area contributed by atoms with Gasteiger partial charge < -0.3 is 10.1 Å². The van der Waals surface area contributed by atoms with Gasteiger partial charge >= 0.3 is 0 Å². The molecular weight excluding hydrogens is 436 g/mol. The lowest BCUT2D eigenvalue weighted by atomic mass is 10.1. The van der Waals surface area contributed by atoms with Crippen LogP contribution in [-0.2, 0) is 14.8 Å².